The standard InChI is InChI=1S/C27H36F2N4O2/c1-17(34)33(20-6-7-20)21-15-31(16-21)24(35)19-5-8-23-22(13-19)30-25(26(2,3)4)32(23)14-18-9-11-27(28,29)12-10-18/h5,8,13,18,20-21H,6-7,9-12,14-16H2,1-4H3. The summed E-state index contributed by atoms with van der Waals surface area (Å²) in [6.45, 7) is 9.73. The number of imidazole rings is 1. The summed E-state index contributed by atoms with van der Waals surface area (Å²) >= 11 is 0. The van der Waals surface area contributed by atoms with E-state index in [1.54, 1.807) is 11.8 Å². The smallest absolute Gasteiger partial charge is 0.254 e. The van der Waals surface area contributed by atoms with E-state index in [0.717, 1.165) is 29.7 Å². The molecule has 35 heavy (non-hydrogen) atoms. The number of carbonyl (C=O) groups excluding carboxylic acids is 2. The van der Waals surface area contributed by atoms with Crippen molar-refractivity contribution in [1.29, 1.82) is 0 Å². The Morgan fingerprint density at radius 1 is 1.09 bits per heavy atom. The van der Waals surface area contributed by atoms with Crippen LogP contribution in [0.4, 0.5) is 8.78 Å². The highest BCUT2D eigenvalue weighted by molar-refractivity contribution is 5.98. The molecule has 190 valence electrons. The van der Waals surface area contributed by atoms with Crippen molar-refractivity contribution in [1.82, 2.24) is 19.4 Å². The molecule has 2 heterocycles. The van der Waals surface area contributed by atoms with Crippen molar-refractivity contribution < 1.29 is 18.4 Å². The zero-order valence-corrected chi connectivity index (χ0v) is 21.2. The number of amides is 2. The lowest BCUT2D eigenvalue weighted by Crippen LogP contribution is -2.62. The first kappa shape index (κ1) is 24.2. The molecule has 8 heteroatoms. The van der Waals surface area contributed by atoms with Gasteiger partial charge in [-0.1, -0.05) is 20.8 Å². The van der Waals surface area contributed by atoms with Crippen LogP contribution in [0.2, 0.25) is 0 Å². The number of hydrogen-bond acceptors (Lipinski definition) is 3. The number of aromatic nitrogens is 2. The third-order valence-corrected chi connectivity index (χ3v) is 7.79. The number of hydrogen-bond donors (Lipinski definition) is 0. The summed E-state index contributed by atoms with van der Waals surface area (Å²) in [5.74, 6) is -1.37. The summed E-state index contributed by atoms with van der Waals surface area (Å²) in [5.41, 5.74) is 2.09. The van der Waals surface area contributed by atoms with E-state index in [4.69, 9.17) is 4.98 Å². The summed E-state index contributed by atoms with van der Waals surface area (Å²) in [6, 6.07) is 6.12. The number of alkyl halides is 2. The molecule has 6 nitrogen and oxygen atoms in total. The predicted molar refractivity (Wildman–Crippen MR) is 131 cm³/mol. The molecular weight excluding hydrogens is 450 g/mol. The highest BCUT2D eigenvalue weighted by atomic mass is 19.3. The first-order valence-electron chi connectivity index (χ1n) is 12.9. The molecule has 1 aromatic carbocycles. The van der Waals surface area contributed by atoms with Gasteiger partial charge in [-0.15, -0.1) is 0 Å². The van der Waals surface area contributed by atoms with Crippen LogP contribution in [0.15, 0.2) is 18.2 Å². The minimum Gasteiger partial charge on any atom is -0.334 e. The molecule has 0 N–H and O–H groups in total. The number of nitrogens with zero attached hydrogens (tertiary/aromatic N) is 4. The molecule has 3 aliphatic rings. The van der Waals surface area contributed by atoms with Gasteiger partial charge in [-0.25, -0.2) is 13.8 Å². The number of fused-ring (bicyclic) bond motifs is 1. The molecule has 1 saturated heterocycles. The van der Waals surface area contributed by atoms with E-state index in [9.17, 15) is 18.4 Å². The molecule has 3 fully saturated rings. The molecule has 5 rings (SSSR count). The van der Waals surface area contributed by atoms with E-state index < -0.39 is 5.92 Å². The van der Waals surface area contributed by atoms with Crippen LogP contribution in [-0.4, -0.2) is 62.3 Å². The van der Waals surface area contributed by atoms with Crippen LogP contribution in [0.3, 0.4) is 0 Å². The number of halogens is 2. The maximum Gasteiger partial charge on any atom is 0.254 e. The summed E-state index contributed by atoms with van der Waals surface area (Å²) < 4.78 is 29.5. The van der Waals surface area contributed by atoms with Crippen LogP contribution >= 0.6 is 0 Å². The second kappa shape index (κ2) is 8.56. The number of rotatable bonds is 5. The van der Waals surface area contributed by atoms with Gasteiger partial charge in [-0.05, 0) is 49.8 Å². The lowest BCUT2D eigenvalue weighted by Gasteiger charge is -2.45. The predicted octanol–water partition coefficient (Wildman–Crippen LogP) is 4.99. The average Bonchev–Trinajstić information content (AvgIpc) is 3.51. The van der Waals surface area contributed by atoms with E-state index in [0.29, 0.717) is 44.1 Å². The van der Waals surface area contributed by atoms with Crippen molar-refractivity contribution >= 4 is 22.8 Å². The summed E-state index contributed by atoms with van der Waals surface area (Å²) in [4.78, 5) is 33.9. The third-order valence-electron chi connectivity index (χ3n) is 7.79. The number of benzene rings is 1. The van der Waals surface area contributed by atoms with Gasteiger partial charge in [0.25, 0.3) is 5.91 Å². The summed E-state index contributed by atoms with van der Waals surface area (Å²) in [7, 11) is 0. The Kier molecular flexibility index (Phi) is 5.92. The van der Waals surface area contributed by atoms with Crippen molar-refractivity contribution in [2.45, 2.75) is 96.2 Å². The largest absolute Gasteiger partial charge is 0.334 e. The molecule has 0 bridgehead atoms. The van der Waals surface area contributed by atoms with Crippen molar-refractivity contribution in [3.05, 3.63) is 29.6 Å². The molecule has 2 aromatic rings. The van der Waals surface area contributed by atoms with Gasteiger partial charge < -0.3 is 14.4 Å². The molecule has 0 spiro atoms. The zero-order chi connectivity index (χ0) is 25.1. The highest BCUT2D eigenvalue weighted by Crippen LogP contribution is 2.38. The molecule has 0 unspecified atom stereocenters. The van der Waals surface area contributed by atoms with E-state index in [1.165, 1.54) is 0 Å². The van der Waals surface area contributed by atoms with E-state index in [1.807, 2.05) is 23.1 Å². The van der Waals surface area contributed by atoms with Crippen LogP contribution < -0.4 is 0 Å². The molecule has 2 saturated carbocycles. The quantitative estimate of drug-likeness (QED) is 0.598. The average molecular weight is 487 g/mol. The van der Waals surface area contributed by atoms with Gasteiger partial charge in [0.1, 0.15) is 5.82 Å². The molecule has 0 atom stereocenters. The van der Waals surface area contributed by atoms with Crippen molar-refractivity contribution in [3.8, 4) is 0 Å². The van der Waals surface area contributed by atoms with Crippen LogP contribution in [0.1, 0.15) is 82.4 Å². The van der Waals surface area contributed by atoms with Crippen LogP contribution in [0.5, 0.6) is 0 Å². The minimum absolute atomic E-state index is 0.0381. The van der Waals surface area contributed by atoms with Gasteiger partial charge in [0.2, 0.25) is 11.8 Å². The Morgan fingerprint density at radius 3 is 2.31 bits per heavy atom. The zero-order valence-electron chi connectivity index (χ0n) is 21.2. The van der Waals surface area contributed by atoms with Crippen LogP contribution in [0.25, 0.3) is 11.0 Å². The van der Waals surface area contributed by atoms with E-state index in [2.05, 4.69) is 25.3 Å². The highest BCUT2D eigenvalue weighted by Gasteiger charge is 2.43. The fraction of sp³-hybridized carbons (Fsp3) is 0.667. The molecule has 1 aliphatic heterocycles. The molecule has 2 amide bonds. The molecule has 0 radical (unpaired) electrons. The van der Waals surface area contributed by atoms with Gasteiger partial charge in [0.15, 0.2) is 0 Å². The van der Waals surface area contributed by atoms with Crippen LogP contribution in [0, 0.1) is 5.92 Å². The molecule has 1 aromatic heterocycles. The topological polar surface area (TPSA) is 58.4 Å². The normalized spacial score (nSPS) is 21.3. The van der Waals surface area contributed by atoms with Gasteiger partial charge in [-0.3, -0.25) is 9.59 Å². The van der Waals surface area contributed by atoms with Gasteiger partial charge in [0.05, 0.1) is 17.1 Å². The lowest BCUT2D eigenvalue weighted by molar-refractivity contribution is -0.134. The Labute approximate surface area is 205 Å². The number of likely N-dealkylation sites (tertiary alicyclic amines) is 1. The van der Waals surface area contributed by atoms with Crippen molar-refractivity contribution in [2.75, 3.05) is 13.1 Å². The first-order valence-corrected chi connectivity index (χ1v) is 12.9. The Hall–Kier alpha value is -2.51. The first-order chi connectivity index (χ1) is 16.4. The molecule has 2 aliphatic carbocycles. The Bertz CT molecular complexity index is 1130. The third kappa shape index (κ3) is 4.81. The molecular formula is C27H36F2N4O2. The maximum atomic E-state index is 13.7. The van der Waals surface area contributed by atoms with Gasteiger partial charge >= 0.3 is 0 Å². The number of carbonyl (C=O) groups is 2. The Balaban J connectivity index is 1.34. The maximum absolute atomic E-state index is 13.7. The lowest BCUT2D eigenvalue weighted by atomic mass is 9.86. The summed E-state index contributed by atoms with van der Waals surface area (Å²) in [6.07, 6.45) is 3.05. The van der Waals surface area contributed by atoms with Gasteiger partial charge in [-0.2, -0.15) is 0 Å². The van der Waals surface area contributed by atoms with Crippen LogP contribution in [-0.2, 0) is 16.8 Å². The van der Waals surface area contributed by atoms with E-state index in [-0.39, 0.29) is 42.0 Å². The fourth-order valence-corrected chi connectivity index (χ4v) is 5.71. The van der Waals surface area contributed by atoms with E-state index >= 15 is 0 Å². The second-order valence-electron chi connectivity index (χ2n) is 11.8. The van der Waals surface area contributed by atoms with Crippen molar-refractivity contribution in [2.24, 2.45) is 5.92 Å². The SMILES string of the molecule is CC(=O)N(C1CC1)C1CN(C(=O)c2ccc3c(c2)nc(C(C)(C)C)n3CC2CCC(F)(F)CC2)C1. The second-order valence-corrected chi connectivity index (χ2v) is 11.8. The monoisotopic (exact) mass is 486 g/mol. The Morgan fingerprint density at radius 2 is 1.74 bits per heavy atom. The fourth-order valence-electron chi connectivity index (χ4n) is 5.71. The van der Waals surface area contributed by atoms with Crippen molar-refractivity contribution in [3.63, 3.8) is 0 Å². The minimum atomic E-state index is -2.54. The van der Waals surface area contributed by atoms with Gasteiger partial charge in [0, 0.05) is 56.4 Å². The summed E-state index contributed by atoms with van der Waals surface area (Å²) in [5, 5.41) is 0.